The van der Waals surface area contributed by atoms with Crippen molar-refractivity contribution in [3.05, 3.63) is 102 Å². The number of ether oxygens (including phenoxy) is 1. The first-order valence-corrected chi connectivity index (χ1v) is 14.5. The second-order valence-corrected chi connectivity index (χ2v) is 12.2. The van der Waals surface area contributed by atoms with Gasteiger partial charge in [0.05, 0.1) is 29.6 Å². The predicted molar refractivity (Wildman–Crippen MR) is 161 cm³/mol. The second-order valence-electron chi connectivity index (χ2n) is 12.2. The molecule has 4 aromatic rings. The largest absolute Gasteiger partial charge is 0.396 e. The van der Waals surface area contributed by atoms with Crippen molar-refractivity contribution in [2.45, 2.75) is 51.1 Å². The summed E-state index contributed by atoms with van der Waals surface area (Å²) in [6.07, 6.45) is -0.351. The summed E-state index contributed by atoms with van der Waals surface area (Å²) in [5.74, 6) is -1.34. The van der Waals surface area contributed by atoms with E-state index in [9.17, 15) is 14.7 Å². The van der Waals surface area contributed by atoms with Crippen LogP contribution in [0.2, 0.25) is 0 Å². The van der Waals surface area contributed by atoms with Crippen LogP contribution in [0, 0.1) is 11.8 Å². The molecule has 4 atom stereocenters. The number of anilines is 3. The van der Waals surface area contributed by atoms with Gasteiger partial charge < -0.3 is 14.7 Å². The summed E-state index contributed by atoms with van der Waals surface area (Å²) in [4.78, 5) is 31.4. The maximum absolute atomic E-state index is 15.6. The lowest BCUT2D eigenvalue weighted by Crippen LogP contribution is -2.45. The van der Waals surface area contributed by atoms with Gasteiger partial charge in [-0.2, -0.15) is 0 Å². The van der Waals surface area contributed by atoms with Gasteiger partial charge in [-0.3, -0.25) is 14.5 Å². The van der Waals surface area contributed by atoms with Crippen LogP contribution in [0.5, 0.6) is 0 Å². The third kappa shape index (κ3) is 3.69. The molecule has 0 bridgehead atoms. The first-order valence-electron chi connectivity index (χ1n) is 14.5. The normalized spacial score (nSPS) is 24.8. The number of carbonyl (C=O) groups is 2. The first-order chi connectivity index (χ1) is 20.2. The van der Waals surface area contributed by atoms with Crippen molar-refractivity contribution < 1.29 is 23.8 Å². The van der Waals surface area contributed by atoms with Crippen LogP contribution < -0.4 is 9.80 Å². The highest BCUT2D eigenvalue weighted by atomic mass is 19.1. The van der Waals surface area contributed by atoms with Gasteiger partial charge in [-0.25, -0.2) is 4.39 Å². The Balaban J connectivity index is 1.26. The number of halogens is 1. The van der Waals surface area contributed by atoms with E-state index in [0.29, 0.717) is 5.56 Å². The van der Waals surface area contributed by atoms with Gasteiger partial charge in [0.2, 0.25) is 0 Å². The molecule has 214 valence electrons. The number of amides is 2. The predicted octanol–water partition coefficient (Wildman–Crippen LogP) is 6.66. The molecule has 3 heterocycles. The van der Waals surface area contributed by atoms with E-state index in [4.69, 9.17) is 4.74 Å². The summed E-state index contributed by atoms with van der Waals surface area (Å²) < 4.78 is 22.1. The molecule has 3 aliphatic heterocycles. The number of hydrogen-bond acceptors (Lipinski definition) is 4. The van der Waals surface area contributed by atoms with Crippen LogP contribution in [-0.2, 0) is 21.7 Å². The fourth-order valence-corrected chi connectivity index (χ4v) is 7.70. The van der Waals surface area contributed by atoms with E-state index in [-0.39, 0.29) is 31.4 Å². The smallest absolute Gasteiger partial charge is 0.264 e. The van der Waals surface area contributed by atoms with Crippen molar-refractivity contribution in [2.24, 2.45) is 11.8 Å². The zero-order valence-electron chi connectivity index (χ0n) is 23.9. The lowest BCUT2D eigenvalue weighted by molar-refractivity contribution is -0.146. The molecule has 7 rings (SSSR count). The molecule has 2 amide bonds. The molecule has 0 saturated carbocycles. The summed E-state index contributed by atoms with van der Waals surface area (Å²) in [6, 6.07) is 26.9. The molecule has 1 saturated heterocycles. The van der Waals surface area contributed by atoms with Crippen molar-refractivity contribution in [1.82, 2.24) is 0 Å². The molecule has 4 aromatic carbocycles. The van der Waals surface area contributed by atoms with E-state index in [2.05, 4.69) is 0 Å². The zero-order chi connectivity index (χ0) is 29.4. The van der Waals surface area contributed by atoms with Crippen LogP contribution in [0.15, 0.2) is 84.9 Å². The summed E-state index contributed by atoms with van der Waals surface area (Å²) in [5.41, 5.74) is 1.60. The maximum atomic E-state index is 15.6. The molecule has 1 spiro atoms. The highest BCUT2D eigenvalue weighted by Crippen LogP contribution is 2.58. The topological polar surface area (TPSA) is 70.1 Å². The van der Waals surface area contributed by atoms with Crippen LogP contribution >= 0.6 is 0 Å². The van der Waals surface area contributed by atoms with Crippen molar-refractivity contribution in [2.75, 3.05) is 16.4 Å². The lowest BCUT2D eigenvalue weighted by atomic mass is 9.71. The Morgan fingerprint density at radius 2 is 1.67 bits per heavy atom. The van der Waals surface area contributed by atoms with Crippen LogP contribution in [0.3, 0.4) is 0 Å². The maximum Gasteiger partial charge on any atom is 0.264 e. The molecule has 0 unspecified atom stereocenters. The first kappa shape index (κ1) is 26.8. The number of rotatable bonds is 6. The molecule has 1 N–H and O–H groups in total. The molecule has 0 aliphatic carbocycles. The molecule has 42 heavy (non-hydrogen) atoms. The Morgan fingerprint density at radius 1 is 0.952 bits per heavy atom. The minimum Gasteiger partial charge on any atom is -0.396 e. The van der Waals surface area contributed by atoms with Gasteiger partial charge >= 0.3 is 0 Å². The number of benzene rings is 4. The monoisotopic (exact) mass is 564 g/mol. The Bertz CT molecular complexity index is 1740. The highest BCUT2D eigenvalue weighted by Gasteiger charge is 2.65. The fraction of sp³-hybridized carbons (Fsp3) is 0.314. The van der Waals surface area contributed by atoms with Gasteiger partial charge in [0.1, 0.15) is 5.67 Å². The molecule has 7 heteroatoms. The highest BCUT2D eigenvalue weighted by molar-refractivity contribution is 6.27. The molecule has 6 nitrogen and oxygen atoms in total. The van der Waals surface area contributed by atoms with Gasteiger partial charge in [-0.1, -0.05) is 61.5 Å². The lowest BCUT2D eigenvalue weighted by Gasteiger charge is -2.32. The Hall–Kier alpha value is -4.07. The summed E-state index contributed by atoms with van der Waals surface area (Å²) >= 11 is 0. The van der Waals surface area contributed by atoms with Gasteiger partial charge in [0, 0.05) is 35.1 Å². The number of hydrogen-bond donors (Lipinski definition) is 1. The van der Waals surface area contributed by atoms with E-state index in [1.165, 1.54) is 13.8 Å². The Labute approximate surface area is 244 Å². The minimum atomic E-state index is -1.61. The van der Waals surface area contributed by atoms with Crippen molar-refractivity contribution in [3.8, 4) is 0 Å². The molecular weight excluding hydrogens is 531 g/mol. The van der Waals surface area contributed by atoms with Gasteiger partial charge in [0.25, 0.3) is 11.8 Å². The zero-order valence-corrected chi connectivity index (χ0v) is 23.9. The number of alkyl halides is 1. The Kier molecular flexibility index (Phi) is 6.05. The van der Waals surface area contributed by atoms with Gasteiger partial charge in [-0.15, -0.1) is 0 Å². The van der Waals surface area contributed by atoms with Crippen LogP contribution in [0.1, 0.15) is 48.7 Å². The number of aliphatic hydroxyl groups is 1. The van der Waals surface area contributed by atoms with Crippen molar-refractivity contribution >= 4 is 39.6 Å². The number of para-hydroxylation sites is 1. The molecular formula is C35H33FN2O4. The third-order valence-corrected chi connectivity index (χ3v) is 9.35. The number of carbonyl (C=O) groups excluding carboxylic acids is 2. The SMILES string of the molecule is C[C@H]1[C@H](C(C)(C)F)[C@@H](CCO)O[C@]12C(=O)N(Cc1cccc(N3C(=O)c4cccc5cccc3c45)c1)c1ccccc12. The fourth-order valence-electron chi connectivity index (χ4n) is 7.70. The third-order valence-electron chi connectivity index (χ3n) is 9.35. The second kappa shape index (κ2) is 9.48. The van der Waals surface area contributed by atoms with E-state index < -0.39 is 29.2 Å². The molecule has 1 fully saturated rings. The average Bonchev–Trinajstić information content (AvgIpc) is 3.52. The summed E-state index contributed by atoms with van der Waals surface area (Å²) in [6.45, 7) is 5.04. The van der Waals surface area contributed by atoms with E-state index in [1.54, 1.807) is 9.80 Å². The van der Waals surface area contributed by atoms with Crippen LogP contribution in [-0.4, -0.2) is 35.3 Å². The average molecular weight is 565 g/mol. The van der Waals surface area contributed by atoms with Crippen molar-refractivity contribution in [1.29, 1.82) is 0 Å². The van der Waals surface area contributed by atoms with E-state index in [0.717, 1.165) is 39.0 Å². The van der Waals surface area contributed by atoms with Gasteiger partial charge in [-0.05, 0) is 61.5 Å². The van der Waals surface area contributed by atoms with Gasteiger partial charge in [0.15, 0.2) is 5.60 Å². The number of fused-ring (bicyclic) bond motifs is 2. The van der Waals surface area contributed by atoms with E-state index >= 15 is 4.39 Å². The van der Waals surface area contributed by atoms with Crippen molar-refractivity contribution in [3.63, 3.8) is 0 Å². The quantitative estimate of drug-likeness (QED) is 0.285. The standard InChI is InChI=1S/C35H33FN2O4/c1-21-31(34(2,3)36)29(17-18-39)42-35(21)26-14-4-5-15-27(26)37(33(35)41)20-22-9-6-12-24(19-22)38-28-16-8-11-23-10-7-13-25(30(23)28)32(38)40/h4-16,19,21,29,31,39H,17-18,20H2,1-3H3/t21-,29+,31-,35+/m0/s1. The van der Waals surface area contributed by atoms with E-state index in [1.807, 2.05) is 91.9 Å². The molecule has 3 aliphatic rings. The summed E-state index contributed by atoms with van der Waals surface area (Å²) in [5, 5.41) is 11.7. The van der Waals surface area contributed by atoms with Crippen LogP contribution in [0.4, 0.5) is 21.5 Å². The molecule has 0 radical (unpaired) electrons. The summed E-state index contributed by atoms with van der Waals surface area (Å²) in [7, 11) is 0. The number of aliphatic hydroxyl groups excluding tert-OH is 1. The minimum absolute atomic E-state index is 0.0801. The van der Waals surface area contributed by atoms with Crippen LogP contribution in [0.25, 0.3) is 10.8 Å². The number of nitrogens with zero attached hydrogens (tertiary/aromatic N) is 2. The Morgan fingerprint density at radius 3 is 2.43 bits per heavy atom. The molecule has 0 aromatic heterocycles.